The molecule has 0 aromatic heterocycles. The third-order valence-corrected chi connectivity index (χ3v) is 2.78. The van der Waals surface area contributed by atoms with Crippen molar-refractivity contribution in [3.63, 3.8) is 0 Å². The maximum Gasteiger partial charge on any atom is 0.251 e. The van der Waals surface area contributed by atoms with Gasteiger partial charge in [-0.3, -0.25) is 4.79 Å². The van der Waals surface area contributed by atoms with Crippen LogP contribution in [0.1, 0.15) is 24.2 Å². The minimum atomic E-state index is -0.365. The van der Waals surface area contributed by atoms with Crippen LogP contribution in [-0.2, 0) is 0 Å². The first-order valence-corrected chi connectivity index (χ1v) is 5.87. The molecule has 0 saturated carbocycles. The van der Waals surface area contributed by atoms with Crippen molar-refractivity contribution in [1.29, 1.82) is 0 Å². The Kier molecular flexibility index (Phi) is 4.63. The van der Waals surface area contributed by atoms with E-state index in [1.807, 2.05) is 13.8 Å². The first-order valence-electron chi connectivity index (χ1n) is 5.34. The largest absolute Gasteiger partial charge is 0.508 e. The van der Waals surface area contributed by atoms with Crippen molar-refractivity contribution in [2.24, 2.45) is 5.92 Å². The molecule has 0 saturated heterocycles. The van der Waals surface area contributed by atoms with Gasteiger partial charge >= 0.3 is 0 Å². The fourth-order valence-corrected chi connectivity index (χ4v) is 1.79. The topological polar surface area (TPSA) is 69.6 Å². The highest BCUT2D eigenvalue weighted by Gasteiger charge is 2.16. The third kappa shape index (κ3) is 3.82. The predicted molar refractivity (Wildman–Crippen MR) is 66.6 cm³/mol. The standard InChI is InChI=1S/C12H16ClNO3/c1-7(2)11(6-13)14-12(17)8-3-9(15)5-10(16)4-8/h3-5,7,11,15-16H,6H2,1-2H3,(H,14,17). The number of halogens is 1. The van der Waals surface area contributed by atoms with E-state index in [-0.39, 0.29) is 34.9 Å². The quantitative estimate of drug-likeness (QED) is 0.724. The fraction of sp³-hybridized carbons (Fsp3) is 0.417. The van der Waals surface area contributed by atoms with Crippen LogP contribution in [0.3, 0.4) is 0 Å². The Hall–Kier alpha value is -1.42. The summed E-state index contributed by atoms with van der Waals surface area (Å²) < 4.78 is 0. The Morgan fingerprint density at radius 2 is 1.82 bits per heavy atom. The fourth-order valence-electron chi connectivity index (χ4n) is 1.36. The van der Waals surface area contributed by atoms with E-state index < -0.39 is 0 Å². The molecule has 0 aliphatic heterocycles. The number of amides is 1. The Balaban J connectivity index is 2.82. The van der Waals surface area contributed by atoms with Gasteiger partial charge in [-0.1, -0.05) is 13.8 Å². The molecule has 1 atom stereocenters. The van der Waals surface area contributed by atoms with Crippen LogP contribution in [0.4, 0.5) is 0 Å². The van der Waals surface area contributed by atoms with Crippen LogP contribution >= 0.6 is 11.6 Å². The van der Waals surface area contributed by atoms with E-state index in [2.05, 4.69) is 5.32 Å². The Morgan fingerprint density at radius 1 is 1.29 bits per heavy atom. The van der Waals surface area contributed by atoms with Crippen LogP contribution < -0.4 is 5.32 Å². The van der Waals surface area contributed by atoms with Gasteiger partial charge in [0.05, 0.1) is 0 Å². The highest BCUT2D eigenvalue weighted by Crippen LogP contribution is 2.20. The number of hydrogen-bond acceptors (Lipinski definition) is 3. The second kappa shape index (κ2) is 5.77. The highest BCUT2D eigenvalue weighted by atomic mass is 35.5. The number of aromatic hydroxyl groups is 2. The number of rotatable bonds is 4. The zero-order valence-corrected chi connectivity index (χ0v) is 10.5. The molecular formula is C12H16ClNO3. The van der Waals surface area contributed by atoms with Gasteiger partial charge in [-0.05, 0) is 18.1 Å². The second-order valence-corrected chi connectivity index (χ2v) is 4.52. The SMILES string of the molecule is CC(C)C(CCl)NC(=O)c1cc(O)cc(O)c1. The summed E-state index contributed by atoms with van der Waals surface area (Å²) in [5.74, 6) is -0.143. The van der Waals surface area contributed by atoms with Crippen molar-refractivity contribution >= 4 is 17.5 Å². The summed E-state index contributed by atoms with van der Waals surface area (Å²) in [6, 6.07) is 3.60. The van der Waals surface area contributed by atoms with E-state index in [0.29, 0.717) is 5.88 Å². The molecule has 5 heteroatoms. The number of phenols is 2. The van der Waals surface area contributed by atoms with E-state index >= 15 is 0 Å². The van der Waals surface area contributed by atoms with Crippen molar-refractivity contribution in [2.75, 3.05) is 5.88 Å². The molecule has 94 valence electrons. The molecule has 0 bridgehead atoms. The molecular weight excluding hydrogens is 242 g/mol. The summed E-state index contributed by atoms with van der Waals surface area (Å²) in [7, 11) is 0. The molecule has 1 amide bonds. The molecule has 0 heterocycles. The lowest BCUT2D eigenvalue weighted by Crippen LogP contribution is -2.39. The number of benzene rings is 1. The zero-order chi connectivity index (χ0) is 13.0. The number of carbonyl (C=O) groups excluding carboxylic acids is 1. The summed E-state index contributed by atoms with van der Waals surface area (Å²) in [6.45, 7) is 3.90. The van der Waals surface area contributed by atoms with Crippen molar-refractivity contribution < 1.29 is 15.0 Å². The van der Waals surface area contributed by atoms with Gasteiger partial charge in [0.15, 0.2) is 0 Å². The van der Waals surface area contributed by atoms with E-state index in [1.165, 1.54) is 12.1 Å². The average molecular weight is 258 g/mol. The molecule has 1 aromatic rings. The molecule has 1 aromatic carbocycles. The Morgan fingerprint density at radius 3 is 2.24 bits per heavy atom. The molecule has 1 unspecified atom stereocenters. The van der Waals surface area contributed by atoms with Gasteiger partial charge in [0, 0.05) is 23.6 Å². The molecule has 0 radical (unpaired) electrons. The van der Waals surface area contributed by atoms with Gasteiger partial charge in [0.25, 0.3) is 5.91 Å². The number of nitrogens with one attached hydrogen (secondary N) is 1. The van der Waals surface area contributed by atoms with Crippen molar-refractivity contribution in [3.05, 3.63) is 23.8 Å². The highest BCUT2D eigenvalue weighted by molar-refractivity contribution is 6.18. The Bertz CT molecular complexity index is 386. The minimum absolute atomic E-state index is 0.145. The summed E-state index contributed by atoms with van der Waals surface area (Å²) >= 11 is 5.74. The van der Waals surface area contributed by atoms with Crippen LogP contribution in [0.25, 0.3) is 0 Å². The monoisotopic (exact) mass is 257 g/mol. The molecule has 1 rings (SSSR count). The summed E-state index contributed by atoms with van der Waals surface area (Å²) in [5, 5.41) is 21.3. The van der Waals surface area contributed by atoms with E-state index in [4.69, 9.17) is 11.6 Å². The summed E-state index contributed by atoms with van der Waals surface area (Å²) in [5.41, 5.74) is 0.207. The molecule has 0 fully saturated rings. The molecule has 4 nitrogen and oxygen atoms in total. The van der Waals surface area contributed by atoms with Crippen LogP contribution in [0, 0.1) is 5.92 Å². The van der Waals surface area contributed by atoms with Crippen LogP contribution in [0.2, 0.25) is 0 Å². The number of carbonyl (C=O) groups is 1. The number of alkyl halides is 1. The van der Waals surface area contributed by atoms with Crippen molar-refractivity contribution in [2.45, 2.75) is 19.9 Å². The molecule has 0 spiro atoms. The minimum Gasteiger partial charge on any atom is -0.508 e. The van der Waals surface area contributed by atoms with Gasteiger partial charge in [-0.15, -0.1) is 11.6 Å². The lowest BCUT2D eigenvalue weighted by molar-refractivity contribution is 0.0930. The van der Waals surface area contributed by atoms with E-state index in [9.17, 15) is 15.0 Å². The summed E-state index contributed by atoms with van der Waals surface area (Å²) in [6.07, 6.45) is 0. The lowest BCUT2D eigenvalue weighted by Gasteiger charge is -2.19. The molecule has 0 aliphatic rings. The van der Waals surface area contributed by atoms with E-state index in [0.717, 1.165) is 6.07 Å². The van der Waals surface area contributed by atoms with Crippen LogP contribution in [0.15, 0.2) is 18.2 Å². The van der Waals surface area contributed by atoms with Gasteiger partial charge < -0.3 is 15.5 Å². The number of hydrogen-bond donors (Lipinski definition) is 3. The van der Waals surface area contributed by atoms with Gasteiger partial charge in [-0.25, -0.2) is 0 Å². The zero-order valence-electron chi connectivity index (χ0n) is 9.77. The van der Waals surface area contributed by atoms with Crippen LogP contribution in [0.5, 0.6) is 11.5 Å². The maximum absolute atomic E-state index is 11.8. The van der Waals surface area contributed by atoms with Gasteiger partial charge in [0.2, 0.25) is 0 Å². The van der Waals surface area contributed by atoms with Crippen molar-refractivity contribution in [3.8, 4) is 11.5 Å². The molecule has 3 N–H and O–H groups in total. The number of phenolic OH excluding ortho intramolecular Hbond substituents is 2. The Labute approximate surface area is 105 Å². The summed E-state index contributed by atoms with van der Waals surface area (Å²) in [4.78, 5) is 11.8. The van der Waals surface area contributed by atoms with E-state index in [1.54, 1.807) is 0 Å². The van der Waals surface area contributed by atoms with Gasteiger partial charge in [0.1, 0.15) is 11.5 Å². The average Bonchev–Trinajstić information content (AvgIpc) is 2.23. The first kappa shape index (κ1) is 13.6. The van der Waals surface area contributed by atoms with Crippen molar-refractivity contribution in [1.82, 2.24) is 5.32 Å². The first-order chi connectivity index (χ1) is 7.93. The second-order valence-electron chi connectivity index (χ2n) is 4.22. The predicted octanol–water partition coefficient (Wildman–Crippen LogP) is 2.09. The molecule has 17 heavy (non-hydrogen) atoms. The maximum atomic E-state index is 11.8. The third-order valence-electron chi connectivity index (χ3n) is 2.45. The molecule has 0 aliphatic carbocycles. The normalized spacial score (nSPS) is 12.5. The lowest BCUT2D eigenvalue weighted by atomic mass is 10.1. The smallest absolute Gasteiger partial charge is 0.251 e. The van der Waals surface area contributed by atoms with Gasteiger partial charge in [-0.2, -0.15) is 0 Å². The van der Waals surface area contributed by atoms with Crippen LogP contribution in [-0.4, -0.2) is 28.0 Å².